The number of para-hydroxylation sites is 2. The van der Waals surface area contributed by atoms with Crippen molar-refractivity contribution in [2.24, 2.45) is 7.05 Å². The summed E-state index contributed by atoms with van der Waals surface area (Å²) >= 11 is 0. The molecule has 3 heterocycles. The molecule has 10 nitrogen and oxygen atoms in total. The third-order valence-corrected chi connectivity index (χ3v) is 4.63. The highest BCUT2D eigenvalue weighted by Crippen LogP contribution is 2.30. The molecule has 1 aliphatic rings. The molecule has 2 aromatic heterocycles. The third-order valence-electron chi connectivity index (χ3n) is 4.63. The summed E-state index contributed by atoms with van der Waals surface area (Å²) in [5.41, 5.74) is 0. The van der Waals surface area contributed by atoms with Crippen LogP contribution in [0.4, 0.5) is 17.6 Å². The maximum atomic E-state index is 6.26. The van der Waals surface area contributed by atoms with Gasteiger partial charge < -0.3 is 19.7 Å². The van der Waals surface area contributed by atoms with Gasteiger partial charge in [0.15, 0.2) is 17.3 Å². The number of piperidine rings is 1. The fourth-order valence-electron chi connectivity index (χ4n) is 3.26. The molecule has 1 aromatic carbocycles. The first-order valence-electron chi connectivity index (χ1n) is 9.68. The molecule has 0 aliphatic carbocycles. The molecule has 0 bridgehead atoms. The lowest BCUT2D eigenvalue weighted by atomic mass is 10.1. The molecule has 3 aromatic rings. The van der Waals surface area contributed by atoms with E-state index in [1.807, 2.05) is 31.2 Å². The molecule has 0 radical (unpaired) electrons. The summed E-state index contributed by atoms with van der Waals surface area (Å²) in [7, 11) is 1.76. The van der Waals surface area contributed by atoms with Crippen molar-refractivity contribution in [1.82, 2.24) is 30.2 Å². The minimum absolute atomic E-state index is 0.0479. The minimum atomic E-state index is 0.0479. The highest BCUT2D eigenvalue weighted by molar-refractivity contribution is 5.50. The number of ether oxygens (including phenoxy) is 2. The second-order valence-electron chi connectivity index (χ2n) is 6.72. The average Bonchev–Trinajstić information content (AvgIpc) is 3.14. The number of rotatable bonds is 7. The fraction of sp³-hybridized carbons (Fsp3) is 0.421. The smallest absolute Gasteiger partial charge is 0.248 e. The molecule has 0 spiro atoms. The zero-order valence-electron chi connectivity index (χ0n) is 16.5. The summed E-state index contributed by atoms with van der Waals surface area (Å²) in [6.07, 6.45) is 5.44. The molecular weight excluding hydrogens is 372 g/mol. The van der Waals surface area contributed by atoms with E-state index in [4.69, 9.17) is 9.47 Å². The second kappa shape index (κ2) is 8.72. The van der Waals surface area contributed by atoms with Gasteiger partial charge in [-0.2, -0.15) is 0 Å². The Morgan fingerprint density at radius 2 is 2.07 bits per heavy atom. The summed E-state index contributed by atoms with van der Waals surface area (Å²) in [6, 6.07) is 7.79. The molecule has 1 fully saturated rings. The number of nitrogens with zero attached hydrogens (tertiary/aromatic N) is 7. The van der Waals surface area contributed by atoms with Crippen molar-refractivity contribution in [3.8, 4) is 11.5 Å². The van der Waals surface area contributed by atoms with Gasteiger partial charge in [-0.15, -0.1) is 0 Å². The van der Waals surface area contributed by atoms with Crippen LogP contribution >= 0.6 is 0 Å². The lowest BCUT2D eigenvalue weighted by Gasteiger charge is -2.33. The normalized spacial score (nSPS) is 16.5. The van der Waals surface area contributed by atoms with Crippen molar-refractivity contribution in [3.05, 3.63) is 36.7 Å². The Labute approximate surface area is 168 Å². The maximum absolute atomic E-state index is 6.26. The average molecular weight is 396 g/mol. The summed E-state index contributed by atoms with van der Waals surface area (Å²) in [4.78, 5) is 11.2. The first-order chi connectivity index (χ1) is 14.2. The van der Waals surface area contributed by atoms with Crippen molar-refractivity contribution in [3.63, 3.8) is 0 Å². The van der Waals surface area contributed by atoms with Crippen molar-refractivity contribution in [1.29, 1.82) is 0 Å². The summed E-state index contributed by atoms with van der Waals surface area (Å²) < 4.78 is 13.5. The van der Waals surface area contributed by atoms with E-state index >= 15 is 0 Å². The van der Waals surface area contributed by atoms with Gasteiger partial charge in [0, 0.05) is 13.6 Å². The molecule has 1 atom stereocenters. The van der Waals surface area contributed by atoms with Crippen LogP contribution < -0.4 is 19.7 Å². The summed E-state index contributed by atoms with van der Waals surface area (Å²) in [5.74, 6) is 3.43. The van der Waals surface area contributed by atoms with E-state index in [9.17, 15) is 0 Å². The zero-order chi connectivity index (χ0) is 20.1. The number of hydrogen-bond acceptors (Lipinski definition) is 9. The van der Waals surface area contributed by atoms with E-state index in [0.29, 0.717) is 18.4 Å². The van der Waals surface area contributed by atoms with Gasteiger partial charge in [0.2, 0.25) is 5.95 Å². The Kier molecular flexibility index (Phi) is 5.68. The molecule has 0 unspecified atom stereocenters. The molecular formula is C19H24N8O2. The van der Waals surface area contributed by atoms with Crippen LogP contribution in [0.5, 0.6) is 11.5 Å². The van der Waals surface area contributed by atoms with E-state index in [-0.39, 0.29) is 6.10 Å². The van der Waals surface area contributed by atoms with Crippen molar-refractivity contribution in [2.75, 3.05) is 29.9 Å². The van der Waals surface area contributed by atoms with Crippen LogP contribution in [0, 0.1) is 0 Å². The van der Waals surface area contributed by atoms with Gasteiger partial charge in [-0.25, -0.2) is 9.67 Å². The number of hydrogen-bond donors (Lipinski definition) is 1. The zero-order valence-corrected chi connectivity index (χ0v) is 16.5. The number of anilines is 3. The summed E-state index contributed by atoms with van der Waals surface area (Å²) in [5, 5.41) is 14.4. The molecule has 29 heavy (non-hydrogen) atoms. The SMILES string of the molecule is CCOc1ccccc1O[C@@H]1CCCN(c2cncc(Nc3nnnn3C)n2)C1. The molecule has 0 saturated carbocycles. The number of benzene rings is 1. The predicted octanol–water partition coefficient (Wildman–Crippen LogP) is 2.19. The van der Waals surface area contributed by atoms with Gasteiger partial charge in [-0.05, 0) is 42.3 Å². The Morgan fingerprint density at radius 1 is 1.21 bits per heavy atom. The Hall–Kier alpha value is -3.43. The Morgan fingerprint density at radius 3 is 2.86 bits per heavy atom. The van der Waals surface area contributed by atoms with Crippen molar-refractivity contribution < 1.29 is 9.47 Å². The van der Waals surface area contributed by atoms with Crippen LogP contribution in [-0.4, -0.2) is 56.0 Å². The molecule has 4 rings (SSSR count). The molecule has 152 valence electrons. The quantitative estimate of drug-likeness (QED) is 0.643. The largest absolute Gasteiger partial charge is 0.490 e. The number of aryl methyl sites for hydroxylation is 1. The number of nitrogens with one attached hydrogen (secondary N) is 1. The standard InChI is InChI=1S/C19H24N8O2/c1-3-28-15-8-4-5-9-16(15)29-14-7-6-10-27(13-14)18-12-20-11-17(21-18)22-19-23-24-25-26(19)2/h4-5,8-9,11-12,14H,3,6-7,10,13H2,1-2H3,(H,21,22,23,25)/t14-/m1/s1. The van der Waals surface area contributed by atoms with Crippen LogP contribution in [0.3, 0.4) is 0 Å². The molecule has 1 N–H and O–H groups in total. The van der Waals surface area contributed by atoms with Gasteiger partial charge in [-0.3, -0.25) is 4.98 Å². The predicted molar refractivity (Wildman–Crippen MR) is 108 cm³/mol. The van der Waals surface area contributed by atoms with Crippen LogP contribution in [-0.2, 0) is 7.05 Å². The van der Waals surface area contributed by atoms with E-state index in [0.717, 1.165) is 43.2 Å². The van der Waals surface area contributed by atoms with Gasteiger partial charge in [0.05, 0.1) is 25.5 Å². The van der Waals surface area contributed by atoms with Crippen molar-refractivity contribution >= 4 is 17.6 Å². The van der Waals surface area contributed by atoms with Crippen LogP contribution in [0.1, 0.15) is 19.8 Å². The van der Waals surface area contributed by atoms with E-state index in [1.54, 1.807) is 19.4 Å². The maximum Gasteiger partial charge on any atom is 0.248 e. The first-order valence-corrected chi connectivity index (χ1v) is 9.68. The second-order valence-corrected chi connectivity index (χ2v) is 6.72. The Balaban J connectivity index is 1.45. The first kappa shape index (κ1) is 18.9. The third kappa shape index (κ3) is 4.53. The number of aromatic nitrogens is 6. The van der Waals surface area contributed by atoms with Crippen LogP contribution in [0.25, 0.3) is 0 Å². The van der Waals surface area contributed by atoms with Gasteiger partial charge >= 0.3 is 0 Å². The highest BCUT2D eigenvalue weighted by Gasteiger charge is 2.24. The molecule has 0 amide bonds. The van der Waals surface area contributed by atoms with Crippen LogP contribution in [0.15, 0.2) is 36.7 Å². The van der Waals surface area contributed by atoms with Gasteiger partial charge in [-0.1, -0.05) is 17.2 Å². The molecule has 1 saturated heterocycles. The lowest BCUT2D eigenvalue weighted by molar-refractivity contribution is 0.170. The Bertz CT molecular complexity index is 947. The minimum Gasteiger partial charge on any atom is -0.490 e. The fourth-order valence-corrected chi connectivity index (χ4v) is 3.26. The van der Waals surface area contributed by atoms with Crippen LogP contribution in [0.2, 0.25) is 0 Å². The van der Waals surface area contributed by atoms with Crippen molar-refractivity contribution in [2.45, 2.75) is 25.9 Å². The monoisotopic (exact) mass is 396 g/mol. The van der Waals surface area contributed by atoms with E-state index in [2.05, 4.69) is 35.7 Å². The highest BCUT2D eigenvalue weighted by atomic mass is 16.5. The molecule has 1 aliphatic heterocycles. The van der Waals surface area contributed by atoms with Gasteiger partial charge in [0.25, 0.3) is 0 Å². The molecule has 10 heteroatoms. The summed E-state index contributed by atoms with van der Waals surface area (Å²) in [6.45, 7) is 4.20. The van der Waals surface area contributed by atoms with E-state index < -0.39 is 0 Å². The number of tetrazole rings is 1. The lowest BCUT2D eigenvalue weighted by Crippen LogP contribution is -2.41. The van der Waals surface area contributed by atoms with Gasteiger partial charge in [0.1, 0.15) is 11.9 Å². The topological polar surface area (TPSA) is 103 Å². The van der Waals surface area contributed by atoms with E-state index in [1.165, 1.54) is 4.68 Å².